The average molecular weight is 449 g/mol. The van der Waals surface area contributed by atoms with E-state index in [1.165, 1.54) is 12.1 Å². The predicted octanol–water partition coefficient (Wildman–Crippen LogP) is 3.01. The summed E-state index contributed by atoms with van der Waals surface area (Å²) in [6, 6.07) is 19.9. The van der Waals surface area contributed by atoms with Gasteiger partial charge in [-0.1, -0.05) is 42.5 Å². The molecule has 0 radical (unpaired) electrons. The Morgan fingerprint density at radius 3 is 2.50 bits per heavy atom. The van der Waals surface area contributed by atoms with Crippen molar-refractivity contribution >= 4 is 26.8 Å². The van der Waals surface area contributed by atoms with Crippen LogP contribution in [0.3, 0.4) is 0 Å². The Hall–Kier alpha value is -3.33. The fraction of sp³-hybridized carbons (Fsp3) is 0.167. The Labute approximate surface area is 186 Å². The van der Waals surface area contributed by atoms with E-state index in [9.17, 15) is 13.2 Å². The van der Waals surface area contributed by atoms with Gasteiger partial charge in [-0.3, -0.25) is 4.79 Å². The first-order valence-corrected chi connectivity index (χ1v) is 11.8. The number of primary sulfonamides is 1. The summed E-state index contributed by atoms with van der Waals surface area (Å²) in [4.78, 5) is 20.9. The number of pyridine rings is 1. The van der Waals surface area contributed by atoms with Crippen molar-refractivity contribution in [3.63, 3.8) is 0 Å². The molecule has 164 valence electrons. The Balaban J connectivity index is 1.46. The quantitative estimate of drug-likeness (QED) is 0.269. The van der Waals surface area contributed by atoms with Crippen molar-refractivity contribution in [2.45, 2.75) is 17.2 Å². The molecular formula is C24H24N4O3S. The third kappa shape index (κ3) is 4.94. The van der Waals surface area contributed by atoms with Gasteiger partial charge in [0, 0.05) is 29.9 Å². The summed E-state index contributed by atoms with van der Waals surface area (Å²) in [5, 5.41) is 9.33. The molecule has 4 aromatic rings. The summed E-state index contributed by atoms with van der Waals surface area (Å²) in [7, 11) is -3.69. The number of nitrogens with two attached hydrogens (primary N) is 1. The van der Waals surface area contributed by atoms with Gasteiger partial charge in [-0.2, -0.15) is 0 Å². The number of Topliss-reactive ketones (excluding diaryl/α,β-unsaturated/α-hetero) is 1. The molecule has 0 aliphatic rings. The van der Waals surface area contributed by atoms with Gasteiger partial charge >= 0.3 is 0 Å². The van der Waals surface area contributed by atoms with Gasteiger partial charge in [0.1, 0.15) is 5.65 Å². The monoisotopic (exact) mass is 448 g/mol. The average Bonchev–Trinajstić information content (AvgIpc) is 3.23. The second-order valence-corrected chi connectivity index (χ2v) is 9.13. The molecule has 8 heteroatoms. The molecule has 32 heavy (non-hydrogen) atoms. The lowest BCUT2D eigenvalue weighted by Crippen LogP contribution is -2.28. The molecule has 0 fully saturated rings. The van der Waals surface area contributed by atoms with E-state index in [-0.39, 0.29) is 16.6 Å². The smallest absolute Gasteiger partial charge is 0.238 e. The molecule has 2 heterocycles. The molecule has 7 nitrogen and oxygen atoms in total. The minimum absolute atomic E-state index is 0.0282. The summed E-state index contributed by atoms with van der Waals surface area (Å²) in [6.07, 6.45) is 4.11. The van der Waals surface area contributed by atoms with Crippen molar-refractivity contribution in [2.75, 3.05) is 13.1 Å². The number of hydrogen-bond donors (Lipinski definition) is 3. The number of sulfonamides is 1. The van der Waals surface area contributed by atoms with Crippen molar-refractivity contribution in [1.29, 1.82) is 0 Å². The van der Waals surface area contributed by atoms with E-state index in [2.05, 4.69) is 15.3 Å². The summed E-state index contributed by atoms with van der Waals surface area (Å²) in [6.45, 7) is 1.12. The number of H-pyrrole nitrogens is 1. The van der Waals surface area contributed by atoms with Crippen LogP contribution in [-0.2, 0) is 16.4 Å². The van der Waals surface area contributed by atoms with E-state index in [0.717, 1.165) is 16.5 Å². The van der Waals surface area contributed by atoms with Crippen LogP contribution < -0.4 is 10.5 Å². The molecule has 0 aliphatic carbocycles. The minimum atomic E-state index is -3.69. The second kappa shape index (κ2) is 9.44. The molecule has 1 unspecified atom stereocenters. The van der Waals surface area contributed by atoms with Gasteiger partial charge in [-0.25, -0.2) is 18.5 Å². The van der Waals surface area contributed by atoms with Crippen LogP contribution in [0.25, 0.3) is 11.0 Å². The van der Waals surface area contributed by atoms with Crippen LogP contribution >= 0.6 is 0 Å². The van der Waals surface area contributed by atoms with Crippen molar-refractivity contribution in [2.24, 2.45) is 5.14 Å². The fourth-order valence-electron chi connectivity index (χ4n) is 3.72. The standard InChI is InChI=1S/C24H24N4O3S/c25-32(30,31)19-10-8-17(9-11-19)12-14-26-15-21(18-5-2-1-3-6-18)23(29)22-16-28-24-20(22)7-4-13-27-24/h1-11,13,16,21,26H,12,14-15H2,(H,27,28)(H2,25,30,31). The van der Waals surface area contributed by atoms with Crippen LogP contribution in [-0.4, -0.2) is 37.3 Å². The number of aromatic amines is 1. The van der Waals surface area contributed by atoms with Crippen LogP contribution in [0.2, 0.25) is 0 Å². The number of hydrogen-bond acceptors (Lipinski definition) is 5. The van der Waals surface area contributed by atoms with Gasteiger partial charge in [-0.15, -0.1) is 0 Å². The molecule has 2 aromatic carbocycles. The minimum Gasteiger partial charge on any atom is -0.345 e. The van der Waals surface area contributed by atoms with Crippen LogP contribution in [0.1, 0.15) is 27.4 Å². The summed E-state index contributed by atoms with van der Waals surface area (Å²) in [5.41, 5.74) is 3.25. The largest absolute Gasteiger partial charge is 0.345 e. The van der Waals surface area contributed by atoms with Gasteiger partial charge in [0.2, 0.25) is 10.0 Å². The Morgan fingerprint density at radius 1 is 1.03 bits per heavy atom. The summed E-state index contributed by atoms with van der Waals surface area (Å²) in [5.74, 6) is -0.319. The molecule has 0 aliphatic heterocycles. The van der Waals surface area contributed by atoms with E-state index in [4.69, 9.17) is 5.14 Å². The second-order valence-electron chi connectivity index (χ2n) is 7.57. The molecule has 0 bridgehead atoms. The molecule has 0 saturated heterocycles. The van der Waals surface area contributed by atoms with E-state index in [1.54, 1.807) is 24.5 Å². The van der Waals surface area contributed by atoms with Gasteiger partial charge in [0.25, 0.3) is 0 Å². The van der Waals surface area contributed by atoms with Crippen molar-refractivity contribution in [1.82, 2.24) is 15.3 Å². The number of carbonyl (C=O) groups is 1. The zero-order valence-corrected chi connectivity index (χ0v) is 18.2. The van der Waals surface area contributed by atoms with Gasteiger partial charge in [0.15, 0.2) is 5.78 Å². The molecule has 1 atom stereocenters. The maximum Gasteiger partial charge on any atom is 0.238 e. The molecule has 0 amide bonds. The molecular weight excluding hydrogens is 424 g/mol. The first-order chi connectivity index (χ1) is 15.4. The first-order valence-electron chi connectivity index (χ1n) is 10.3. The third-order valence-electron chi connectivity index (χ3n) is 5.43. The zero-order valence-electron chi connectivity index (χ0n) is 17.4. The number of nitrogens with one attached hydrogen (secondary N) is 2. The molecule has 4 N–H and O–H groups in total. The van der Waals surface area contributed by atoms with Crippen molar-refractivity contribution in [3.05, 3.63) is 95.8 Å². The topological polar surface area (TPSA) is 118 Å². The number of benzene rings is 2. The number of nitrogens with zero attached hydrogens (tertiary/aromatic N) is 1. The lowest BCUT2D eigenvalue weighted by molar-refractivity contribution is 0.0960. The van der Waals surface area contributed by atoms with Gasteiger partial charge in [0.05, 0.1) is 10.8 Å². The lowest BCUT2D eigenvalue weighted by Gasteiger charge is -2.17. The van der Waals surface area contributed by atoms with E-state index in [0.29, 0.717) is 30.7 Å². The van der Waals surface area contributed by atoms with Crippen LogP contribution in [0.15, 0.2) is 84.0 Å². The zero-order chi connectivity index (χ0) is 22.6. The maximum absolute atomic E-state index is 13.5. The van der Waals surface area contributed by atoms with E-state index < -0.39 is 10.0 Å². The first kappa shape index (κ1) is 21.9. The lowest BCUT2D eigenvalue weighted by atomic mass is 9.90. The highest BCUT2D eigenvalue weighted by Gasteiger charge is 2.24. The van der Waals surface area contributed by atoms with E-state index in [1.807, 2.05) is 42.5 Å². The van der Waals surface area contributed by atoms with Gasteiger partial charge in [-0.05, 0) is 48.4 Å². The van der Waals surface area contributed by atoms with Crippen LogP contribution in [0, 0.1) is 0 Å². The van der Waals surface area contributed by atoms with Crippen molar-refractivity contribution in [3.8, 4) is 0 Å². The predicted molar refractivity (Wildman–Crippen MR) is 124 cm³/mol. The molecule has 0 saturated carbocycles. The number of ketones is 1. The highest BCUT2D eigenvalue weighted by molar-refractivity contribution is 7.89. The number of aromatic nitrogens is 2. The Kier molecular flexibility index (Phi) is 6.45. The highest BCUT2D eigenvalue weighted by atomic mass is 32.2. The number of rotatable bonds is 9. The number of fused-ring (bicyclic) bond motifs is 1. The molecule has 0 spiro atoms. The van der Waals surface area contributed by atoms with E-state index >= 15 is 0 Å². The Morgan fingerprint density at radius 2 is 1.78 bits per heavy atom. The van der Waals surface area contributed by atoms with Crippen LogP contribution in [0.4, 0.5) is 0 Å². The van der Waals surface area contributed by atoms with Crippen molar-refractivity contribution < 1.29 is 13.2 Å². The molecule has 4 rings (SSSR count). The number of carbonyl (C=O) groups excluding carboxylic acids is 1. The van der Waals surface area contributed by atoms with Crippen LogP contribution in [0.5, 0.6) is 0 Å². The third-order valence-corrected chi connectivity index (χ3v) is 6.36. The Bertz CT molecular complexity index is 1320. The molecule has 2 aromatic heterocycles. The maximum atomic E-state index is 13.5. The SMILES string of the molecule is NS(=O)(=O)c1ccc(CCNCC(C(=O)c2c[nH]c3ncccc23)c2ccccc2)cc1. The normalized spacial score (nSPS) is 12.7. The van der Waals surface area contributed by atoms with Gasteiger partial charge < -0.3 is 10.3 Å². The summed E-state index contributed by atoms with van der Waals surface area (Å²) >= 11 is 0. The summed E-state index contributed by atoms with van der Waals surface area (Å²) < 4.78 is 22.8. The fourth-order valence-corrected chi connectivity index (χ4v) is 4.24. The highest BCUT2D eigenvalue weighted by Crippen LogP contribution is 2.25.